The Hall–Kier alpha value is -3.72. The molecule has 0 amide bonds. The predicted molar refractivity (Wildman–Crippen MR) is 168 cm³/mol. The number of rotatable bonds is 6. The quantitative estimate of drug-likeness (QED) is 0.243. The fraction of sp³-hybridized carbons (Fsp3) is 0.333. The molecule has 0 bridgehead atoms. The van der Waals surface area contributed by atoms with Crippen molar-refractivity contribution in [1.29, 1.82) is 0 Å². The van der Waals surface area contributed by atoms with Crippen molar-refractivity contribution in [1.82, 2.24) is 4.57 Å². The van der Waals surface area contributed by atoms with Gasteiger partial charge in [-0.25, -0.2) is 0 Å². The van der Waals surface area contributed by atoms with Gasteiger partial charge in [0, 0.05) is 29.4 Å². The summed E-state index contributed by atoms with van der Waals surface area (Å²) in [6, 6.07) is 27.5. The van der Waals surface area contributed by atoms with E-state index in [1.165, 1.54) is 66.6 Å². The normalized spacial score (nSPS) is 15.1. The monoisotopic (exact) mass is 515 g/mol. The Kier molecular flexibility index (Phi) is 6.41. The van der Waals surface area contributed by atoms with E-state index >= 15 is 0 Å². The van der Waals surface area contributed by atoms with Crippen molar-refractivity contribution in [3.63, 3.8) is 0 Å². The highest BCUT2D eigenvalue weighted by Crippen LogP contribution is 2.44. The molecule has 1 aromatic heterocycles. The molecule has 0 saturated carbocycles. The highest BCUT2D eigenvalue weighted by molar-refractivity contribution is 6.09. The zero-order valence-corrected chi connectivity index (χ0v) is 24.5. The lowest BCUT2D eigenvalue weighted by atomic mass is 9.88. The predicted octanol–water partition coefficient (Wildman–Crippen LogP) is 9.81. The van der Waals surface area contributed by atoms with Crippen LogP contribution in [0.15, 0.2) is 72.8 Å². The molecule has 6 rings (SSSR count). The summed E-state index contributed by atoms with van der Waals surface area (Å²) in [6.45, 7) is 17.8. The van der Waals surface area contributed by atoms with E-state index in [1.54, 1.807) is 0 Å². The van der Waals surface area contributed by atoms with Gasteiger partial charge in [-0.05, 0) is 90.8 Å². The molecule has 1 unspecified atom stereocenters. The van der Waals surface area contributed by atoms with E-state index in [0.29, 0.717) is 11.8 Å². The SMILES string of the molecule is CCn1c2ccc(C3Nc4ccccc4N3Cc3c(C(C)C)cccc3C(C)C)cc2c2cc(C)cc(C)c21. The Balaban J connectivity index is 1.52. The van der Waals surface area contributed by atoms with Gasteiger partial charge in [0.15, 0.2) is 0 Å². The molecule has 1 aliphatic heterocycles. The third-order valence-corrected chi connectivity index (χ3v) is 8.59. The van der Waals surface area contributed by atoms with Crippen LogP contribution in [-0.4, -0.2) is 4.57 Å². The van der Waals surface area contributed by atoms with E-state index in [2.05, 4.69) is 136 Å². The van der Waals surface area contributed by atoms with Crippen LogP contribution in [0.2, 0.25) is 0 Å². The Morgan fingerprint density at radius 1 is 0.795 bits per heavy atom. The molecule has 5 aromatic rings. The van der Waals surface area contributed by atoms with Crippen LogP contribution in [-0.2, 0) is 13.1 Å². The lowest BCUT2D eigenvalue weighted by Gasteiger charge is -2.30. The molecule has 0 fully saturated rings. The molecule has 3 heteroatoms. The summed E-state index contributed by atoms with van der Waals surface area (Å²) in [4.78, 5) is 2.58. The summed E-state index contributed by atoms with van der Waals surface area (Å²) in [5.74, 6) is 0.955. The van der Waals surface area contributed by atoms with Crippen LogP contribution in [0, 0.1) is 13.8 Å². The molecular weight excluding hydrogens is 474 g/mol. The summed E-state index contributed by atoms with van der Waals surface area (Å²) in [5.41, 5.74) is 13.5. The van der Waals surface area contributed by atoms with Crippen LogP contribution in [0.1, 0.15) is 86.0 Å². The summed E-state index contributed by atoms with van der Waals surface area (Å²) in [5, 5.41) is 6.60. The minimum atomic E-state index is 0.0676. The van der Waals surface area contributed by atoms with Crippen molar-refractivity contribution < 1.29 is 0 Å². The van der Waals surface area contributed by atoms with Gasteiger partial charge in [0.2, 0.25) is 0 Å². The van der Waals surface area contributed by atoms with Gasteiger partial charge in [0.1, 0.15) is 6.17 Å². The van der Waals surface area contributed by atoms with Crippen LogP contribution < -0.4 is 10.2 Å². The number of anilines is 2. The standard InChI is InChI=1S/C36H41N3/c1-8-38-33-17-16-26(20-29(33)30-19-24(6)18-25(7)35(30)38)36-37-32-14-9-10-15-34(32)39(36)21-31-27(22(2)3)12-11-13-28(31)23(4)5/h9-20,22-23,36-37H,8,21H2,1-7H3. The van der Waals surface area contributed by atoms with Crippen molar-refractivity contribution in [2.45, 2.75) is 79.6 Å². The first kappa shape index (κ1) is 25.6. The van der Waals surface area contributed by atoms with Gasteiger partial charge in [-0.2, -0.15) is 0 Å². The maximum atomic E-state index is 3.89. The van der Waals surface area contributed by atoms with Crippen molar-refractivity contribution in [2.24, 2.45) is 0 Å². The number of aryl methyl sites for hydroxylation is 3. The zero-order valence-electron chi connectivity index (χ0n) is 24.5. The average Bonchev–Trinajstić information content (AvgIpc) is 3.43. The maximum absolute atomic E-state index is 3.89. The summed E-state index contributed by atoms with van der Waals surface area (Å²) < 4.78 is 2.48. The number of benzene rings is 4. The summed E-state index contributed by atoms with van der Waals surface area (Å²) in [6.07, 6.45) is 0.0676. The van der Waals surface area contributed by atoms with Crippen LogP contribution >= 0.6 is 0 Å². The number of aromatic nitrogens is 1. The maximum Gasteiger partial charge on any atom is 0.126 e. The van der Waals surface area contributed by atoms with Crippen LogP contribution in [0.25, 0.3) is 21.8 Å². The lowest BCUT2D eigenvalue weighted by Crippen LogP contribution is -2.28. The first-order valence-corrected chi connectivity index (χ1v) is 14.6. The minimum Gasteiger partial charge on any atom is -0.360 e. The molecule has 2 heterocycles. The largest absolute Gasteiger partial charge is 0.360 e. The van der Waals surface area contributed by atoms with Crippen molar-refractivity contribution >= 4 is 33.2 Å². The molecule has 0 aliphatic carbocycles. The fourth-order valence-electron chi connectivity index (χ4n) is 6.86. The number of hydrogen-bond acceptors (Lipinski definition) is 2. The number of para-hydroxylation sites is 2. The Bertz CT molecular complexity index is 1660. The van der Waals surface area contributed by atoms with E-state index in [9.17, 15) is 0 Å². The smallest absolute Gasteiger partial charge is 0.126 e. The first-order valence-electron chi connectivity index (χ1n) is 14.6. The molecule has 200 valence electrons. The molecule has 0 saturated heterocycles. The second kappa shape index (κ2) is 9.79. The number of nitrogens with zero attached hydrogens (tertiary/aromatic N) is 2. The van der Waals surface area contributed by atoms with Gasteiger partial charge in [-0.1, -0.05) is 75.7 Å². The van der Waals surface area contributed by atoms with E-state index in [4.69, 9.17) is 0 Å². The van der Waals surface area contributed by atoms with Crippen LogP contribution in [0.4, 0.5) is 11.4 Å². The second-order valence-electron chi connectivity index (χ2n) is 11.9. The van der Waals surface area contributed by atoms with Crippen molar-refractivity contribution in [3.8, 4) is 0 Å². The summed E-state index contributed by atoms with van der Waals surface area (Å²) >= 11 is 0. The molecule has 0 spiro atoms. The molecule has 1 atom stereocenters. The van der Waals surface area contributed by atoms with Crippen molar-refractivity contribution in [3.05, 3.63) is 106 Å². The van der Waals surface area contributed by atoms with Crippen molar-refractivity contribution in [2.75, 3.05) is 10.2 Å². The molecule has 1 N–H and O–H groups in total. The average molecular weight is 516 g/mol. The topological polar surface area (TPSA) is 20.2 Å². The van der Waals surface area contributed by atoms with Gasteiger partial charge >= 0.3 is 0 Å². The van der Waals surface area contributed by atoms with Gasteiger partial charge < -0.3 is 14.8 Å². The van der Waals surface area contributed by atoms with E-state index < -0.39 is 0 Å². The third kappa shape index (κ3) is 4.19. The molecule has 0 radical (unpaired) electrons. The highest BCUT2D eigenvalue weighted by atomic mass is 15.3. The minimum absolute atomic E-state index is 0.0676. The van der Waals surface area contributed by atoms with Gasteiger partial charge in [-0.15, -0.1) is 0 Å². The molecule has 39 heavy (non-hydrogen) atoms. The zero-order chi connectivity index (χ0) is 27.4. The molecular formula is C36H41N3. The highest BCUT2D eigenvalue weighted by Gasteiger charge is 2.31. The molecule has 1 aliphatic rings. The van der Waals surface area contributed by atoms with Crippen LogP contribution in [0.5, 0.6) is 0 Å². The van der Waals surface area contributed by atoms with Crippen LogP contribution in [0.3, 0.4) is 0 Å². The number of hydrogen-bond donors (Lipinski definition) is 1. The molecule has 3 nitrogen and oxygen atoms in total. The van der Waals surface area contributed by atoms with E-state index in [1.807, 2.05) is 0 Å². The Morgan fingerprint density at radius 2 is 1.51 bits per heavy atom. The number of nitrogens with one attached hydrogen (secondary N) is 1. The summed E-state index contributed by atoms with van der Waals surface area (Å²) in [7, 11) is 0. The van der Waals surface area contributed by atoms with E-state index in [-0.39, 0.29) is 6.17 Å². The van der Waals surface area contributed by atoms with Gasteiger partial charge in [0.25, 0.3) is 0 Å². The van der Waals surface area contributed by atoms with Gasteiger partial charge in [0.05, 0.1) is 16.9 Å². The fourth-order valence-corrected chi connectivity index (χ4v) is 6.86. The van der Waals surface area contributed by atoms with E-state index in [0.717, 1.165) is 13.1 Å². The van der Waals surface area contributed by atoms with Gasteiger partial charge in [-0.3, -0.25) is 0 Å². The second-order valence-corrected chi connectivity index (χ2v) is 11.9. The Morgan fingerprint density at radius 3 is 2.21 bits per heavy atom. The number of fused-ring (bicyclic) bond motifs is 4. The first-order chi connectivity index (χ1) is 18.8. The third-order valence-electron chi connectivity index (χ3n) is 8.59. The Labute approximate surface area is 233 Å². The lowest BCUT2D eigenvalue weighted by molar-refractivity contribution is 0.690. The molecule has 4 aromatic carbocycles.